The van der Waals surface area contributed by atoms with E-state index in [1.165, 1.54) is 5.56 Å². The van der Waals surface area contributed by atoms with Gasteiger partial charge in [0, 0.05) is 25.9 Å². The molecule has 2 heterocycles. The first-order valence-electron chi connectivity index (χ1n) is 7.20. The van der Waals surface area contributed by atoms with Crippen LogP contribution in [0.5, 0.6) is 11.5 Å². The predicted molar refractivity (Wildman–Crippen MR) is 76.5 cm³/mol. The first-order valence-corrected chi connectivity index (χ1v) is 7.20. The third-order valence-corrected chi connectivity index (χ3v) is 3.23. The van der Waals surface area contributed by atoms with Crippen LogP contribution in [0, 0.1) is 6.92 Å². The van der Waals surface area contributed by atoms with Crippen LogP contribution in [0.1, 0.15) is 23.7 Å². The molecule has 0 saturated carbocycles. The van der Waals surface area contributed by atoms with Gasteiger partial charge in [-0.1, -0.05) is 11.2 Å². The first-order chi connectivity index (χ1) is 10.3. The molecule has 6 nitrogen and oxygen atoms in total. The summed E-state index contributed by atoms with van der Waals surface area (Å²) in [5.41, 5.74) is 1.17. The minimum atomic E-state index is 0.665. The van der Waals surface area contributed by atoms with E-state index in [0.717, 1.165) is 37.4 Å². The number of nitrogens with one attached hydrogen (secondary N) is 1. The standard InChI is InChI=1S/C15H19N3O3/c1-11-17-15(21-18-11)5-6-16-10-12-3-4-13-14(9-12)20-8-2-7-19-13/h3-4,9,16H,2,5-8,10H2,1H3. The molecule has 1 N–H and O–H groups in total. The van der Waals surface area contributed by atoms with Gasteiger partial charge in [-0.25, -0.2) is 0 Å². The molecule has 0 saturated heterocycles. The average Bonchev–Trinajstić information content (AvgIpc) is 2.76. The van der Waals surface area contributed by atoms with E-state index < -0.39 is 0 Å². The van der Waals surface area contributed by atoms with Gasteiger partial charge in [0.05, 0.1) is 13.2 Å². The molecule has 1 aliphatic rings. The lowest BCUT2D eigenvalue weighted by atomic mass is 10.2. The molecule has 0 unspecified atom stereocenters. The molecule has 6 heteroatoms. The molecule has 3 rings (SSSR count). The highest BCUT2D eigenvalue weighted by molar-refractivity contribution is 5.43. The molecule has 0 fully saturated rings. The molecule has 0 bridgehead atoms. The van der Waals surface area contributed by atoms with Crippen molar-refractivity contribution >= 4 is 0 Å². The summed E-state index contributed by atoms with van der Waals surface area (Å²) in [6, 6.07) is 6.06. The summed E-state index contributed by atoms with van der Waals surface area (Å²) in [5, 5.41) is 7.12. The maximum Gasteiger partial charge on any atom is 0.227 e. The Morgan fingerprint density at radius 1 is 1.19 bits per heavy atom. The molecule has 1 aromatic carbocycles. The van der Waals surface area contributed by atoms with Crippen molar-refractivity contribution in [3.8, 4) is 11.5 Å². The highest BCUT2D eigenvalue weighted by Gasteiger charge is 2.10. The summed E-state index contributed by atoms with van der Waals surface area (Å²) < 4.78 is 16.4. The average molecular weight is 289 g/mol. The Morgan fingerprint density at radius 2 is 2.05 bits per heavy atom. The van der Waals surface area contributed by atoms with Gasteiger partial charge in [0.1, 0.15) is 0 Å². The van der Waals surface area contributed by atoms with Crippen LogP contribution in [0.3, 0.4) is 0 Å². The maximum absolute atomic E-state index is 5.68. The molecule has 0 amide bonds. The number of hydrogen-bond acceptors (Lipinski definition) is 6. The van der Waals surface area contributed by atoms with E-state index in [0.29, 0.717) is 24.9 Å². The number of aromatic nitrogens is 2. The molecule has 112 valence electrons. The van der Waals surface area contributed by atoms with Crippen LogP contribution in [-0.4, -0.2) is 29.9 Å². The molecule has 0 radical (unpaired) electrons. The van der Waals surface area contributed by atoms with E-state index in [1.807, 2.05) is 19.1 Å². The summed E-state index contributed by atoms with van der Waals surface area (Å²) in [6.07, 6.45) is 1.65. The highest BCUT2D eigenvalue weighted by Crippen LogP contribution is 2.30. The van der Waals surface area contributed by atoms with Gasteiger partial charge < -0.3 is 19.3 Å². The van der Waals surface area contributed by atoms with E-state index in [4.69, 9.17) is 14.0 Å². The zero-order chi connectivity index (χ0) is 14.5. The van der Waals surface area contributed by atoms with Crippen molar-refractivity contribution in [2.45, 2.75) is 26.3 Å². The lowest BCUT2D eigenvalue weighted by Crippen LogP contribution is -2.16. The zero-order valence-corrected chi connectivity index (χ0v) is 12.1. The predicted octanol–water partition coefficient (Wildman–Crippen LogP) is 1.87. The third-order valence-electron chi connectivity index (χ3n) is 3.23. The second-order valence-corrected chi connectivity index (χ2v) is 4.99. The SMILES string of the molecule is Cc1noc(CCNCc2ccc3c(c2)OCCCO3)n1. The van der Waals surface area contributed by atoms with Crippen molar-refractivity contribution in [2.24, 2.45) is 0 Å². The number of rotatable bonds is 5. The van der Waals surface area contributed by atoms with Crippen molar-refractivity contribution in [3.63, 3.8) is 0 Å². The molecule has 0 spiro atoms. The van der Waals surface area contributed by atoms with E-state index in [2.05, 4.69) is 21.5 Å². The van der Waals surface area contributed by atoms with Gasteiger partial charge in [-0.3, -0.25) is 0 Å². The molecule has 0 atom stereocenters. The summed E-state index contributed by atoms with van der Waals surface area (Å²) in [4.78, 5) is 4.17. The Hall–Kier alpha value is -2.08. The van der Waals surface area contributed by atoms with Crippen LogP contribution in [0.15, 0.2) is 22.7 Å². The maximum atomic E-state index is 5.68. The van der Waals surface area contributed by atoms with Gasteiger partial charge in [0.25, 0.3) is 0 Å². The summed E-state index contributed by atoms with van der Waals surface area (Å²) in [7, 11) is 0. The van der Waals surface area contributed by atoms with Crippen molar-refractivity contribution in [2.75, 3.05) is 19.8 Å². The molecular formula is C15H19N3O3. The minimum absolute atomic E-state index is 0.665. The fraction of sp³-hybridized carbons (Fsp3) is 0.467. The van der Waals surface area contributed by atoms with Gasteiger partial charge in [0.15, 0.2) is 17.3 Å². The first kappa shape index (κ1) is 13.9. The van der Waals surface area contributed by atoms with Crippen LogP contribution in [-0.2, 0) is 13.0 Å². The second kappa shape index (κ2) is 6.58. The Kier molecular flexibility index (Phi) is 4.35. The monoisotopic (exact) mass is 289 g/mol. The zero-order valence-electron chi connectivity index (χ0n) is 12.1. The minimum Gasteiger partial charge on any atom is -0.490 e. The lowest BCUT2D eigenvalue weighted by Gasteiger charge is -2.09. The number of hydrogen-bond donors (Lipinski definition) is 1. The van der Waals surface area contributed by atoms with Crippen molar-refractivity contribution < 1.29 is 14.0 Å². The number of fused-ring (bicyclic) bond motifs is 1. The Bertz CT molecular complexity index is 598. The fourth-order valence-electron chi connectivity index (χ4n) is 2.19. The molecule has 2 aromatic rings. The van der Waals surface area contributed by atoms with E-state index in [9.17, 15) is 0 Å². The number of aryl methyl sites for hydroxylation is 1. The Balaban J connectivity index is 1.50. The fourth-order valence-corrected chi connectivity index (χ4v) is 2.19. The summed E-state index contributed by atoms with van der Waals surface area (Å²) in [5.74, 6) is 3.00. The Labute approximate surface area is 123 Å². The summed E-state index contributed by atoms with van der Waals surface area (Å²) >= 11 is 0. The Morgan fingerprint density at radius 3 is 2.86 bits per heavy atom. The lowest BCUT2D eigenvalue weighted by molar-refractivity contribution is 0.297. The normalized spacial score (nSPS) is 14.0. The van der Waals surface area contributed by atoms with Crippen molar-refractivity contribution in [1.82, 2.24) is 15.5 Å². The summed E-state index contributed by atoms with van der Waals surface area (Å²) in [6.45, 7) is 4.80. The van der Waals surface area contributed by atoms with Crippen LogP contribution >= 0.6 is 0 Å². The highest BCUT2D eigenvalue weighted by atomic mass is 16.5. The topological polar surface area (TPSA) is 69.4 Å². The smallest absolute Gasteiger partial charge is 0.227 e. The van der Waals surface area contributed by atoms with Crippen LogP contribution in [0.25, 0.3) is 0 Å². The van der Waals surface area contributed by atoms with Crippen molar-refractivity contribution in [1.29, 1.82) is 0 Å². The molecule has 0 aliphatic carbocycles. The van der Waals surface area contributed by atoms with Gasteiger partial charge in [0.2, 0.25) is 5.89 Å². The molecule has 1 aliphatic heterocycles. The molecular weight excluding hydrogens is 270 g/mol. The van der Waals surface area contributed by atoms with Gasteiger partial charge >= 0.3 is 0 Å². The number of ether oxygens (including phenoxy) is 2. The van der Waals surface area contributed by atoms with Crippen LogP contribution in [0.4, 0.5) is 0 Å². The van der Waals surface area contributed by atoms with Gasteiger partial charge in [-0.05, 0) is 24.6 Å². The van der Waals surface area contributed by atoms with E-state index in [1.54, 1.807) is 0 Å². The van der Waals surface area contributed by atoms with Crippen molar-refractivity contribution in [3.05, 3.63) is 35.5 Å². The van der Waals surface area contributed by atoms with E-state index >= 15 is 0 Å². The quantitative estimate of drug-likeness (QED) is 0.847. The molecule has 21 heavy (non-hydrogen) atoms. The van der Waals surface area contributed by atoms with Crippen LogP contribution in [0.2, 0.25) is 0 Å². The number of nitrogens with zero attached hydrogens (tertiary/aromatic N) is 2. The van der Waals surface area contributed by atoms with Crippen LogP contribution < -0.4 is 14.8 Å². The van der Waals surface area contributed by atoms with E-state index in [-0.39, 0.29) is 0 Å². The van der Waals surface area contributed by atoms with Gasteiger partial charge in [-0.2, -0.15) is 4.98 Å². The third kappa shape index (κ3) is 3.72. The number of benzene rings is 1. The van der Waals surface area contributed by atoms with Gasteiger partial charge in [-0.15, -0.1) is 0 Å². The molecule has 1 aromatic heterocycles. The largest absolute Gasteiger partial charge is 0.490 e. The second-order valence-electron chi connectivity index (χ2n) is 4.99.